The van der Waals surface area contributed by atoms with Gasteiger partial charge in [-0.05, 0) is 165 Å². The van der Waals surface area contributed by atoms with Crippen LogP contribution < -0.4 is 9.80 Å². The molecule has 4 nitrogen and oxygen atoms in total. The van der Waals surface area contributed by atoms with E-state index in [2.05, 4.69) is 307 Å². The second-order valence-electron chi connectivity index (χ2n) is 19.6. The van der Waals surface area contributed by atoms with E-state index in [4.69, 9.17) is 4.98 Å². The molecule has 0 amide bonds. The fourth-order valence-corrected chi connectivity index (χ4v) is 11.0. The first-order valence-electron chi connectivity index (χ1n) is 25.4. The predicted molar refractivity (Wildman–Crippen MR) is 310 cm³/mol. The van der Waals surface area contributed by atoms with Gasteiger partial charge in [0.2, 0.25) is 0 Å². The van der Waals surface area contributed by atoms with E-state index in [-0.39, 0.29) is 5.41 Å². The molecule has 12 aromatic rings. The van der Waals surface area contributed by atoms with Crippen molar-refractivity contribution in [3.05, 3.63) is 290 Å². The van der Waals surface area contributed by atoms with Gasteiger partial charge in [0.25, 0.3) is 0 Å². The summed E-state index contributed by atoms with van der Waals surface area (Å²) in [6.07, 6.45) is 0. The SMILES string of the molecule is CC1(C)c2cc(N(c3ccc(-c4ccccc4)cc3)c3ccc(-c4ccccc4)cc3)ccc2-c2ccc(N(c3ccc(-c4ccccc4)cc3)c3ccc(-c4nc5ccccc5n4-c4ccccc4)cc3)cc21. The molecule has 0 radical (unpaired) electrons. The molecule has 13 rings (SSSR count). The Kier molecular flexibility index (Phi) is 11.2. The molecule has 0 unspecified atom stereocenters. The summed E-state index contributed by atoms with van der Waals surface area (Å²) < 4.78 is 2.26. The van der Waals surface area contributed by atoms with E-state index < -0.39 is 0 Å². The standard InChI is InChI=1S/C70H52N4/c1-70(2)65-47-61(72(57-35-27-52(28-36-57)49-17-7-3-8-18-49)58-37-29-53(30-38-58)50-19-9-4-10-20-50)43-45-63(65)64-46-44-62(48-66(64)70)73(59-39-31-54(32-40-59)51-21-11-5-12-22-51)60-41-33-55(34-42-60)69-71-67-25-15-16-26-68(67)74(69)56-23-13-6-14-24-56/h3-48H,1-2H3. The van der Waals surface area contributed by atoms with E-state index in [0.717, 1.165) is 62.2 Å². The average molecular weight is 949 g/mol. The van der Waals surface area contributed by atoms with Crippen LogP contribution in [0.2, 0.25) is 0 Å². The molecule has 0 N–H and O–H groups in total. The summed E-state index contributed by atoms with van der Waals surface area (Å²) >= 11 is 0. The lowest BCUT2D eigenvalue weighted by Gasteiger charge is -2.29. The van der Waals surface area contributed by atoms with Gasteiger partial charge >= 0.3 is 0 Å². The van der Waals surface area contributed by atoms with Crippen molar-refractivity contribution in [2.24, 2.45) is 0 Å². The molecule has 352 valence electrons. The zero-order valence-corrected chi connectivity index (χ0v) is 41.3. The number of hydrogen-bond acceptors (Lipinski definition) is 3. The van der Waals surface area contributed by atoms with E-state index in [1.54, 1.807) is 0 Å². The summed E-state index contributed by atoms with van der Waals surface area (Å²) in [6.45, 7) is 4.76. The number of imidazole rings is 1. The molecule has 0 saturated carbocycles. The Hall–Kier alpha value is -9.51. The fraction of sp³-hybridized carbons (Fsp3) is 0.0429. The monoisotopic (exact) mass is 948 g/mol. The minimum atomic E-state index is -0.306. The van der Waals surface area contributed by atoms with Crippen LogP contribution in [0.3, 0.4) is 0 Å². The number of hydrogen-bond donors (Lipinski definition) is 0. The lowest BCUT2D eigenvalue weighted by Crippen LogP contribution is -2.17. The predicted octanol–water partition coefficient (Wildman–Crippen LogP) is 18.9. The molecule has 4 heteroatoms. The van der Waals surface area contributed by atoms with E-state index in [1.165, 1.54) is 55.6 Å². The third-order valence-corrected chi connectivity index (χ3v) is 14.8. The molecule has 0 bridgehead atoms. The number of aromatic nitrogens is 2. The Morgan fingerprint density at radius 2 is 0.635 bits per heavy atom. The number of rotatable bonds is 11. The highest BCUT2D eigenvalue weighted by atomic mass is 15.1. The van der Waals surface area contributed by atoms with Gasteiger partial charge in [0.05, 0.1) is 11.0 Å². The van der Waals surface area contributed by atoms with Crippen LogP contribution in [0.5, 0.6) is 0 Å². The summed E-state index contributed by atoms with van der Waals surface area (Å²) in [5.74, 6) is 0.908. The molecule has 74 heavy (non-hydrogen) atoms. The van der Waals surface area contributed by atoms with Crippen molar-refractivity contribution in [3.63, 3.8) is 0 Å². The van der Waals surface area contributed by atoms with Gasteiger partial charge in [0, 0.05) is 50.8 Å². The summed E-state index contributed by atoms with van der Waals surface area (Å²) in [6, 6.07) is 101. The number of fused-ring (bicyclic) bond motifs is 4. The highest BCUT2D eigenvalue weighted by Gasteiger charge is 2.37. The maximum absolute atomic E-state index is 5.19. The van der Waals surface area contributed by atoms with Crippen molar-refractivity contribution in [1.29, 1.82) is 0 Å². The fourth-order valence-electron chi connectivity index (χ4n) is 11.0. The molecule has 11 aromatic carbocycles. The minimum Gasteiger partial charge on any atom is -0.310 e. The van der Waals surface area contributed by atoms with E-state index in [1.807, 2.05) is 0 Å². The quantitative estimate of drug-likeness (QED) is 0.129. The van der Waals surface area contributed by atoms with Gasteiger partial charge in [-0.3, -0.25) is 4.57 Å². The smallest absolute Gasteiger partial charge is 0.145 e. The average Bonchev–Trinajstić information content (AvgIpc) is 3.96. The first-order valence-corrected chi connectivity index (χ1v) is 25.4. The van der Waals surface area contributed by atoms with Crippen molar-refractivity contribution >= 4 is 45.2 Å². The van der Waals surface area contributed by atoms with Crippen LogP contribution in [0.4, 0.5) is 34.1 Å². The molecular formula is C70H52N4. The summed E-state index contributed by atoms with van der Waals surface area (Å²) in [5, 5.41) is 0. The Labute approximate surface area is 433 Å². The van der Waals surface area contributed by atoms with Crippen LogP contribution in [-0.2, 0) is 5.41 Å². The minimum absolute atomic E-state index is 0.306. The van der Waals surface area contributed by atoms with Crippen LogP contribution in [-0.4, -0.2) is 9.55 Å². The first kappa shape index (κ1) is 44.4. The van der Waals surface area contributed by atoms with Crippen LogP contribution in [0.25, 0.3) is 72.6 Å². The van der Waals surface area contributed by atoms with Crippen LogP contribution in [0, 0.1) is 0 Å². The van der Waals surface area contributed by atoms with E-state index in [9.17, 15) is 0 Å². The van der Waals surface area contributed by atoms with E-state index >= 15 is 0 Å². The Morgan fingerprint density at radius 1 is 0.311 bits per heavy atom. The molecule has 0 spiro atoms. The highest BCUT2D eigenvalue weighted by Crippen LogP contribution is 2.53. The van der Waals surface area contributed by atoms with Gasteiger partial charge in [-0.25, -0.2) is 4.98 Å². The molecule has 0 saturated heterocycles. The maximum Gasteiger partial charge on any atom is 0.145 e. The van der Waals surface area contributed by atoms with Gasteiger partial charge in [-0.1, -0.05) is 184 Å². The zero-order chi connectivity index (χ0) is 49.6. The van der Waals surface area contributed by atoms with Crippen molar-refractivity contribution in [2.75, 3.05) is 9.80 Å². The molecule has 0 aliphatic heterocycles. The number of nitrogens with zero attached hydrogens (tertiary/aromatic N) is 4. The molecule has 0 atom stereocenters. The second-order valence-corrected chi connectivity index (χ2v) is 19.6. The van der Waals surface area contributed by atoms with Gasteiger partial charge in [0.1, 0.15) is 5.82 Å². The third kappa shape index (κ3) is 8.03. The molecular weight excluding hydrogens is 897 g/mol. The molecule has 1 aliphatic carbocycles. The summed E-state index contributed by atoms with van der Waals surface area (Å²) in [4.78, 5) is 9.98. The molecule has 1 aliphatic rings. The Bertz CT molecular complexity index is 3840. The molecule has 1 heterocycles. The first-order chi connectivity index (χ1) is 36.4. The van der Waals surface area contributed by atoms with Crippen molar-refractivity contribution in [3.8, 4) is 61.6 Å². The number of para-hydroxylation sites is 3. The van der Waals surface area contributed by atoms with Gasteiger partial charge in [0.15, 0.2) is 0 Å². The topological polar surface area (TPSA) is 24.3 Å². The van der Waals surface area contributed by atoms with Crippen LogP contribution >= 0.6 is 0 Å². The third-order valence-electron chi connectivity index (χ3n) is 14.8. The highest BCUT2D eigenvalue weighted by molar-refractivity contribution is 5.90. The van der Waals surface area contributed by atoms with Crippen LogP contribution in [0.1, 0.15) is 25.0 Å². The lowest BCUT2D eigenvalue weighted by atomic mass is 9.82. The zero-order valence-electron chi connectivity index (χ0n) is 41.3. The number of benzene rings is 11. The second kappa shape index (κ2) is 18.6. The Balaban J connectivity index is 0.889. The van der Waals surface area contributed by atoms with Gasteiger partial charge in [-0.2, -0.15) is 0 Å². The Morgan fingerprint density at radius 3 is 1.04 bits per heavy atom. The normalized spacial score (nSPS) is 12.3. The van der Waals surface area contributed by atoms with E-state index in [0.29, 0.717) is 0 Å². The summed E-state index contributed by atoms with van der Waals surface area (Å²) in [5.41, 5.74) is 22.7. The maximum atomic E-state index is 5.19. The summed E-state index contributed by atoms with van der Waals surface area (Å²) in [7, 11) is 0. The van der Waals surface area contributed by atoms with Crippen LogP contribution in [0.15, 0.2) is 279 Å². The largest absolute Gasteiger partial charge is 0.310 e. The van der Waals surface area contributed by atoms with Crippen molar-refractivity contribution in [2.45, 2.75) is 19.3 Å². The van der Waals surface area contributed by atoms with Gasteiger partial charge in [-0.15, -0.1) is 0 Å². The van der Waals surface area contributed by atoms with Gasteiger partial charge < -0.3 is 9.80 Å². The van der Waals surface area contributed by atoms with Crippen molar-refractivity contribution in [1.82, 2.24) is 9.55 Å². The van der Waals surface area contributed by atoms with Crippen molar-refractivity contribution < 1.29 is 0 Å². The number of anilines is 6. The molecule has 0 fully saturated rings. The molecule has 1 aromatic heterocycles. The lowest BCUT2D eigenvalue weighted by molar-refractivity contribution is 0.660.